The zero-order valence-electron chi connectivity index (χ0n) is 67.9. The Labute approximate surface area is 655 Å². The van der Waals surface area contributed by atoms with Crippen molar-refractivity contribution in [2.24, 2.45) is 11.3 Å². The molecule has 35 nitrogen and oxygen atoms in total. The Kier molecular flexibility index (Phi) is 26.6. The number of carbonyl (C=O) groups is 9. The number of aromatic nitrogens is 6. The second-order valence-corrected chi connectivity index (χ2v) is 33.8. The van der Waals surface area contributed by atoms with Crippen LogP contribution in [0.25, 0.3) is 0 Å². The second-order valence-electron chi connectivity index (χ2n) is 33.8. The average molecular weight is 1560 g/mol. The zero-order valence-corrected chi connectivity index (χ0v) is 67.9. The Morgan fingerprint density at radius 2 is 0.857 bits per heavy atom. The summed E-state index contributed by atoms with van der Waals surface area (Å²) < 4.78 is 26.9. The summed E-state index contributed by atoms with van der Waals surface area (Å²) in [4.78, 5) is 152. The summed E-state index contributed by atoms with van der Waals surface area (Å²) in [5, 5.41) is 0. The summed E-state index contributed by atoms with van der Waals surface area (Å²) in [7, 11) is 0. The van der Waals surface area contributed by atoms with Gasteiger partial charge < -0.3 is 76.9 Å². The van der Waals surface area contributed by atoms with Crippen LogP contribution in [0.5, 0.6) is 0 Å². The molecule has 7 aliphatic rings. The maximum Gasteiger partial charge on any atom is 0.411 e. The normalized spacial score (nSPS) is 18.2. The molecule has 0 bridgehead atoms. The number of likely N-dealkylation sites (tertiary alicyclic amines) is 1. The predicted molar refractivity (Wildman–Crippen MR) is 424 cm³/mol. The van der Waals surface area contributed by atoms with Crippen molar-refractivity contribution in [2.75, 3.05) is 145 Å². The maximum atomic E-state index is 13.0. The number of nitrogen functional groups attached to an aromatic ring is 5. The van der Waals surface area contributed by atoms with E-state index in [0.29, 0.717) is 117 Å². The zero-order chi connectivity index (χ0) is 83.0. The highest BCUT2D eigenvalue weighted by Crippen LogP contribution is 2.47. The summed E-state index contributed by atoms with van der Waals surface area (Å²) in [6, 6.07) is 13.6. The number of ether oxygens (including phenoxy) is 5. The minimum atomic E-state index is -0.748. The number of pyridine rings is 4. The van der Waals surface area contributed by atoms with Crippen molar-refractivity contribution in [1.29, 1.82) is 0 Å². The maximum absolute atomic E-state index is 13.0. The Hall–Kier alpha value is -11.3. The van der Waals surface area contributed by atoms with Gasteiger partial charge in [-0.2, -0.15) is 0 Å². The summed E-state index contributed by atoms with van der Waals surface area (Å²) >= 11 is 0. The van der Waals surface area contributed by atoms with Gasteiger partial charge in [-0.1, -0.05) is 13.8 Å². The Balaban J connectivity index is 0.000000176. The fraction of sp³-hybridized carbons (Fsp3) is 0.571. The molecule has 9 amide bonds. The van der Waals surface area contributed by atoms with Gasteiger partial charge in [0.15, 0.2) is 5.82 Å². The van der Waals surface area contributed by atoms with Gasteiger partial charge in [-0.25, -0.2) is 53.9 Å². The Bertz CT molecular complexity index is 4160. The first-order valence-corrected chi connectivity index (χ1v) is 37.4. The molecule has 1 aliphatic carbocycles. The molecule has 1 atom stereocenters. The van der Waals surface area contributed by atoms with Crippen LogP contribution in [0.15, 0.2) is 79.5 Å². The van der Waals surface area contributed by atoms with Crippen LogP contribution in [-0.4, -0.2) is 240 Å². The molecule has 1 saturated carbocycles. The number of rotatable bonds is 6. The highest BCUT2D eigenvalue weighted by molar-refractivity contribution is 6.05. The number of piperazine rings is 4. The second kappa shape index (κ2) is 34.5. The molecule has 0 aromatic carbocycles. The molecule has 7 fully saturated rings. The number of hydrogen-bond donors (Lipinski definition) is 5. The largest absolute Gasteiger partial charge is 0.444 e. The van der Waals surface area contributed by atoms with Gasteiger partial charge in [-0.3, -0.25) is 43.7 Å². The molecular formula is C77H113N21O14. The molecule has 112 heavy (non-hydrogen) atoms. The van der Waals surface area contributed by atoms with Crippen LogP contribution in [0.3, 0.4) is 0 Å². The number of amides is 9. The summed E-state index contributed by atoms with van der Waals surface area (Å²) in [5.41, 5.74) is 28.5. The fourth-order valence-corrected chi connectivity index (χ4v) is 13.0. The number of nitrogens with zero attached hydrogens (tertiary/aromatic N) is 16. The smallest absolute Gasteiger partial charge is 0.411 e. The molecule has 0 radical (unpaired) electrons. The lowest BCUT2D eigenvalue weighted by Gasteiger charge is -2.47. The molecule has 10 N–H and O–H groups in total. The quantitative estimate of drug-likeness (QED) is 0.0996. The first kappa shape index (κ1) is 86.3. The summed E-state index contributed by atoms with van der Waals surface area (Å²) in [5.74, 6) is 1.87. The third kappa shape index (κ3) is 23.4. The predicted octanol–water partition coefficient (Wildman–Crippen LogP) is 8.36. The Morgan fingerprint density at radius 1 is 0.429 bits per heavy atom. The van der Waals surface area contributed by atoms with Crippen LogP contribution in [0, 0.1) is 18.3 Å². The fourth-order valence-electron chi connectivity index (χ4n) is 13.0. The van der Waals surface area contributed by atoms with Crippen molar-refractivity contribution in [3.63, 3.8) is 0 Å². The lowest BCUT2D eigenvalue weighted by Crippen LogP contribution is -2.61. The third-order valence-corrected chi connectivity index (χ3v) is 18.2. The first-order valence-electron chi connectivity index (χ1n) is 37.4. The molecule has 1 unspecified atom stereocenters. The van der Waals surface area contributed by atoms with Crippen molar-refractivity contribution in [1.82, 2.24) is 54.4 Å². The number of nitrogens with two attached hydrogens (primary N) is 5. The monoisotopic (exact) mass is 1560 g/mol. The van der Waals surface area contributed by atoms with Gasteiger partial charge in [-0.05, 0) is 184 Å². The Morgan fingerprint density at radius 3 is 1.29 bits per heavy atom. The standard InChI is InChI=1S/C17H26N4O3.C16H22N4O3.C16H24N4O2.C15H22N4O3.C13H19N5O3/c1-11(2)14-15(22)20(12-6-7-13(18)19-10-12)8-9-21(14)16(23)24-17(3,4)5;1-15(2,3)23-14(22)20-9-8-19(13(21)16(20)6-7-16)11-4-5-12(17)18-10-11;1-15(2,3)22-14(21)20-10-16(11-20)6-7-19(9-16)12-4-5-13(17)18-8-12;1-10-11(5-6-12(16)17-10)19-8-7-18(9-13(19)20)14(21)22-15(2,3)4;1-13(2,3)21-12(20)17-4-5-18(11(19)8-17)10-7-15-9(14)6-16-10/h6-7,10-11,14H,8-9H2,1-5H3,(H2,18,19);4-5,10H,6-9H2,1-3H3,(H2,17,18);4-5,8H,6-7,9-11H2,1-3H3,(H2,17,18);5-6H,7-9H2,1-4H3,(H2,16,17);6-7H,4-5,8H2,1-3H3,(H2,14,15). The highest BCUT2D eigenvalue weighted by Gasteiger charge is 2.61. The van der Waals surface area contributed by atoms with Crippen LogP contribution in [-0.2, 0) is 42.9 Å². The van der Waals surface area contributed by atoms with E-state index in [1.165, 1.54) is 32.0 Å². The molecular weight excluding hydrogens is 1440 g/mol. The van der Waals surface area contributed by atoms with Crippen molar-refractivity contribution in [3.8, 4) is 0 Å². The van der Waals surface area contributed by atoms with E-state index in [1.54, 1.807) is 122 Å². The van der Waals surface area contributed by atoms with Crippen molar-refractivity contribution >= 4 is 112 Å². The molecule has 35 heteroatoms. The number of carbonyl (C=O) groups excluding carboxylic acids is 9. The van der Waals surface area contributed by atoms with E-state index in [9.17, 15) is 43.2 Å². The average Bonchev–Trinajstić information content (AvgIpc) is 1.56. The molecule has 610 valence electrons. The van der Waals surface area contributed by atoms with Crippen LogP contribution >= 0.6 is 0 Å². The van der Waals surface area contributed by atoms with E-state index in [-0.39, 0.29) is 54.1 Å². The first-order chi connectivity index (χ1) is 52.0. The number of aryl methyl sites for hydroxylation is 1. The van der Waals surface area contributed by atoms with E-state index in [1.807, 2.05) is 94.5 Å². The molecule has 2 spiro atoms. The van der Waals surface area contributed by atoms with E-state index in [2.05, 4.69) is 34.8 Å². The topological polar surface area (TPSA) is 440 Å². The van der Waals surface area contributed by atoms with E-state index in [4.69, 9.17) is 52.4 Å². The van der Waals surface area contributed by atoms with Crippen LogP contribution in [0.4, 0.5) is 81.6 Å². The van der Waals surface area contributed by atoms with E-state index < -0.39 is 64.0 Å². The molecule has 5 aromatic rings. The van der Waals surface area contributed by atoms with Crippen LogP contribution in [0.1, 0.15) is 143 Å². The number of anilines is 10. The highest BCUT2D eigenvalue weighted by atomic mass is 16.6. The van der Waals surface area contributed by atoms with Gasteiger partial charge >= 0.3 is 30.5 Å². The lowest BCUT2D eigenvalue weighted by molar-refractivity contribution is -0.128. The van der Waals surface area contributed by atoms with Gasteiger partial charge in [0.05, 0.1) is 59.4 Å². The summed E-state index contributed by atoms with van der Waals surface area (Å²) in [6.07, 6.45) is 8.23. The SMILES string of the molecule is CC(C)(C)OC(=O)N1CC2(CCN(c3ccc(N)nc3)C2)C1.CC(C)(C)OC(=O)N1CCN(c2ccc(N)nc2)C(=O)C12CC2.CC(C)(C)OC(=O)N1CCN(c2cnc(N)cn2)C(=O)C1.CC(C)C1C(=O)N(c2ccc(N)nc2)CCN1C(=O)OC(C)(C)C.Cc1nc(N)ccc1N1CCN(C(=O)OC(C)(C)C)CC1=O. The minimum Gasteiger partial charge on any atom is -0.444 e. The van der Waals surface area contributed by atoms with Gasteiger partial charge in [0.1, 0.15) is 81.8 Å². The van der Waals surface area contributed by atoms with Gasteiger partial charge in [0.25, 0.3) is 5.91 Å². The van der Waals surface area contributed by atoms with Gasteiger partial charge in [0.2, 0.25) is 17.7 Å². The molecule has 12 rings (SSSR count). The summed E-state index contributed by atoms with van der Waals surface area (Å²) in [6.45, 7) is 39.7. The molecule has 11 heterocycles. The van der Waals surface area contributed by atoms with Gasteiger partial charge in [0, 0.05) is 84.0 Å². The van der Waals surface area contributed by atoms with Crippen molar-refractivity contribution in [2.45, 2.75) is 183 Å². The van der Waals surface area contributed by atoms with Crippen molar-refractivity contribution in [3.05, 3.63) is 85.2 Å². The van der Waals surface area contributed by atoms with Crippen LogP contribution in [0.2, 0.25) is 0 Å². The van der Waals surface area contributed by atoms with E-state index >= 15 is 0 Å². The molecule has 6 saturated heterocycles. The minimum absolute atomic E-state index is 0.00126. The van der Waals surface area contributed by atoms with Gasteiger partial charge in [-0.15, -0.1) is 0 Å². The van der Waals surface area contributed by atoms with E-state index in [0.717, 1.165) is 44.0 Å². The third-order valence-electron chi connectivity index (χ3n) is 18.2. The molecule has 5 aromatic heterocycles. The van der Waals surface area contributed by atoms with Crippen molar-refractivity contribution < 1.29 is 66.8 Å². The number of hydrogen-bond acceptors (Lipinski definition) is 26. The lowest BCUT2D eigenvalue weighted by atomic mass is 9.79. The molecule has 6 aliphatic heterocycles. The van der Waals surface area contributed by atoms with Crippen LogP contribution < -0.4 is 53.2 Å².